The number of aromatic amines is 1. The Labute approximate surface area is 416 Å². The van der Waals surface area contributed by atoms with Crippen LogP contribution >= 0.6 is 0 Å². The molecule has 30 heteroatoms. The molecule has 73 heavy (non-hydrogen) atoms. The van der Waals surface area contributed by atoms with E-state index in [1.54, 1.807) is 30.3 Å². The Kier molecular flexibility index (Phi) is 26.0. The van der Waals surface area contributed by atoms with Gasteiger partial charge in [0.05, 0.1) is 38.5 Å². The molecule has 0 spiro atoms. The summed E-state index contributed by atoms with van der Waals surface area (Å²) in [5, 5.41) is 66.5. The number of H-pyrrole nitrogens is 1. The summed E-state index contributed by atoms with van der Waals surface area (Å²) in [6, 6.07) is -4.38. The van der Waals surface area contributed by atoms with E-state index in [0.29, 0.717) is 11.3 Å². The number of nitrogens with zero attached hydrogens (tertiary/aromatic N) is 2. The minimum absolute atomic E-state index is 0.0178. The van der Waals surface area contributed by atoms with Crippen molar-refractivity contribution in [2.75, 3.05) is 26.3 Å². The maximum Gasteiger partial charge on any atom is 0.326 e. The number of carbonyl (C=O) groups excluding carboxylic acids is 8. The van der Waals surface area contributed by atoms with Gasteiger partial charge in [0.1, 0.15) is 42.3 Å². The Hall–Kier alpha value is -8.25. The number of aliphatic hydroxyl groups excluding tert-OH is 2. The summed E-state index contributed by atoms with van der Waals surface area (Å²) in [7, 11) is 0. The lowest BCUT2D eigenvalue weighted by Gasteiger charge is -2.28. The highest BCUT2D eigenvalue weighted by molar-refractivity contribution is 5.98. The van der Waals surface area contributed by atoms with Gasteiger partial charge >= 0.3 is 17.9 Å². The van der Waals surface area contributed by atoms with E-state index in [4.69, 9.17) is 22.3 Å². The number of rotatable bonds is 33. The zero-order valence-corrected chi connectivity index (χ0v) is 39.9. The number of hydrogen-bond acceptors (Lipinski definition) is 16. The monoisotopic (exact) mass is 1030 g/mol. The molecule has 0 saturated carbocycles. The smallest absolute Gasteiger partial charge is 0.326 e. The van der Waals surface area contributed by atoms with Gasteiger partial charge in [0.15, 0.2) is 5.96 Å². The number of aromatic nitrogens is 2. The third-order valence-electron chi connectivity index (χ3n) is 10.4. The Morgan fingerprint density at radius 1 is 0.644 bits per heavy atom. The number of nitrogens with one attached hydrogen (secondary N) is 9. The van der Waals surface area contributed by atoms with E-state index >= 15 is 0 Å². The summed E-state index contributed by atoms with van der Waals surface area (Å²) in [5.41, 5.74) is 17.5. The lowest BCUT2D eigenvalue weighted by Crippen LogP contribution is -2.61. The van der Waals surface area contributed by atoms with Crippen molar-refractivity contribution >= 4 is 71.1 Å². The van der Waals surface area contributed by atoms with Gasteiger partial charge in [-0.3, -0.25) is 52.9 Å². The molecule has 1 aromatic heterocycles. The highest BCUT2D eigenvalue weighted by Gasteiger charge is 2.35. The lowest BCUT2D eigenvalue weighted by atomic mass is 10.0. The van der Waals surface area contributed by atoms with Gasteiger partial charge in [-0.1, -0.05) is 44.2 Å². The maximum atomic E-state index is 13.8. The van der Waals surface area contributed by atoms with Crippen LogP contribution in [0, 0.1) is 5.92 Å². The fourth-order valence-corrected chi connectivity index (χ4v) is 6.51. The second-order valence-corrected chi connectivity index (χ2v) is 16.6. The van der Waals surface area contributed by atoms with Gasteiger partial charge in [-0.05, 0) is 30.7 Å². The number of carboxylic acids is 3. The van der Waals surface area contributed by atoms with Crippen molar-refractivity contribution in [1.29, 1.82) is 0 Å². The van der Waals surface area contributed by atoms with Crippen LogP contribution in [0.15, 0.2) is 47.8 Å². The summed E-state index contributed by atoms with van der Waals surface area (Å²) in [5.74, 6) is -13.8. The van der Waals surface area contributed by atoms with Crippen LogP contribution in [-0.2, 0) is 65.6 Å². The summed E-state index contributed by atoms with van der Waals surface area (Å²) < 4.78 is 0. The van der Waals surface area contributed by atoms with Crippen LogP contribution in [0.4, 0.5) is 0 Å². The first-order valence-electron chi connectivity index (χ1n) is 22.6. The molecule has 2 rings (SSSR count). The molecular weight excluding hydrogens is 969 g/mol. The highest BCUT2D eigenvalue weighted by atomic mass is 16.4. The molecule has 0 aliphatic heterocycles. The summed E-state index contributed by atoms with van der Waals surface area (Å²) in [4.78, 5) is 151. The molecule has 30 nitrogen and oxygen atoms in total. The number of carboxylic acid groups (broad SMARTS) is 3. The topological polar surface area (TPSA) is 504 Å². The van der Waals surface area contributed by atoms with Gasteiger partial charge in [-0.25, -0.2) is 9.78 Å². The predicted octanol–water partition coefficient (Wildman–Crippen LogP) is -6.85. The van der Waals surface area contributed by atoms with Crippen molar-refractivity contribution in [1.82, 2.24) is 52.5 Å². The van der Waals surface area contributed by atoms with E-state index < -0.39 is 152 Å². The van der Waals surface area contributed by atoms with Crippen LogP contribution < -0.4 is 59.7 Å². The number of hydrogen-bond donors (Lipinski definition) is 17. The zero-order chi connectivity index (χ0) is 54.8. The number of aliphatic carboxylic acids is 3. The van der Waals surface area contributed by atoms with Crippen LogP contribution in [0.1, 0.15) is 57.2 Å². The first-order chi connectivity index (χ1) is 34.4. The molecule has 0 aliphatic carbocycles. The van der Waals surface area contributed by atoms with E-state index in [1.807, 2.05) is 0 Å². The van der Waals surface area contributed by atoms with Gasteiger partial charge in [0, 0.05) is 37.7 Å². The van der Waals surface area contributed by atoms with E-state index in [0.717, 1.165) is 0 Å². The molecule has 8 atom stereocenters. The van der Waals surface area contributed by atoms with E-state index in [2.05, 4.69) is 57.5 Å². The van der Waals surface area contributed by atoms with E-state index in [9.17, 15) is 73.2 Å². The number of amides is 8. The van der Waals surface area contributed by atoms with Crippen molar-refractivity contribution in [3.63, 3.8) is 0 Å². The second kappa shape index (κ2) is 31.2. The number of nitrogens with two attached hydrogens (primary N) is 3. The van der Waals surface area contributed by atoms with Crippen molar-refractivity contribution < 1.29 is 78.3 Å². The molecule has 0 bridgehead atoms. The fraction of sp³-hybridized carbons (Fsp3) is 0.512. The first kappa shape index (κ1) is 60.9. The molecular formula is C43H64N14O16. The van der Waals surface area contributed by atoms with Crippen molar-refractivity contribution in [3.05, 3.63) is 54.1 Å². The third kappa shape index (κ3) is 22.6. The normalized spacial score (nSPS) is 14.2. The SMILES string of the molecule is CC(C)C(NC(=O)C(CCCN=C(N)N)NC(=O)C(CO)NC(=O)C(CO)NC(=O)CNC(=O)C(Cc1ccccc1)NC(=O)C(N)CCC(=O)O)C(=O)NC(CC(=O)O)C(=O)NC(Cc1cnc[nH]1)C(=O)O. The number of guanidine groups is 1. The molecule has 1 heterocycles. The minimum Gasteiger partial charge on any atom is -0.481 e. The van der Waals surface area contributed by atoms with Crippen molar-refractivity contribution in [2.24, 2.45) is 28.1 Å². The minimum atomic E-state index is -1.85. The maximum absolute atomic E-state index is 13.8. The number of aliphatic imine (C=N–C) groups is 1. The molecule has 8 unspecified atom stereocenters. The third-order valence-corrected chi connectivity index (χ3v) is 10.4. The summed E-state index contributed by atoms with van der Waals surface area (Å²) in [6.45, 7) is -0.0984. The lowest BCUT2D eigenvalue weighted by molar-refractivity contribution is -0.144. The Morgan fingerprint density at radius 3 is 1.75 bits per heavy atom. The largest absolute Gasteiger partial charge is 0.481 e. The summed E-state index contributed by atoms with van der Waals surface area (Å²) >= 11 is 0. The molecule has 0 radical (unpaired) electrons. The highest BCUT2D eigenvalue weighted by Crippen LogP contribution is 2.09. The molecule has 402 valence electrons. The Balaban J connectivity index is 2.19. The summed E-state index contributed by atoms with van der Waals surface area (Å²) in [6.07, 6.45) is 0.333. The molecule has 8 amide bonds. The second-order valence-electron chi connectivity index (χ2n) is 16.6. The average Bonchev–Trinajstić information content (AvgIpc) is 3.85. The molecule has 0 fully saturated rings. The van der Waals surface area contributed by atoms with Gasteiger partial charge in [0.25, 0.3) is 0 Å². The average molecular weight is 1030 g/mol. The van der Waals surface area contributed by atoms with Crippen molar-refractivity contribution in [3.8, 4) is 0 Å². The number of imidazole rings is 1. The van der Waals surface area contributed by atoms with Crippen molar-refractivity contribution in [2.45, 2.75) is 107 Å². The van der Waals surface area contributed by atoms with Crippen LogP contribution in [0.5, 0.6) is 0 Å². The fourth-order valence-electron chi connectivity index (χ4n) is 6.51. The molecule has 1 aromatic carbocycles. The number of benzene rings is 1. The molecule has 20 N–H and O–H groups in total. The van der Waals surface area contributed by atoms with E-state index in [-0.39, 0.29) is 44.6 Å². The standard InChI is InChI=1S/C43H64N14O16/c1-21(2)34(41(71)54-27(15-33(63)64)38(68)55-28(42(72)73)14-23-16-47-20-50-23)57-37(67)25(9-6-12-48-43(45)46)52-40(70)30(19-59)56-39(69)29(18-58)51-31(60)17-49-36(66)26(13-22-7-4-3-5-8-22)53-35(65)24(44)10-11-32(61)62/h3-5,7-8,16,20-21,24-30,34,58-59H,6,9-15,17-19,44H2,1-2H3,(H,47,50)(H,49,66)(H,51,60)(H,52,70)(H,53,65)(H,54,71)(H,55,68)(H,56,69)(H,57,67)(H,61,62)(H,63,64)(H,72,73)(H4,45,46,48). The van der Waals surface area contributed by atoms with Crippen LogP contribution in [0.2, 0.25) is 0 Å². The zero-order valence-electron chi connectivity index (χ0n) is 39.9. The quantitative estimate of drug-likeness (QED) is 0.0179. The predicted molar refractivity (Wildman–Crippen MR) is 253 cm³/mol. The van der Waals surface area contributed by atoms with Crippen LogP contribution in [0.25, 0.3) is 0 Å². The molecule has 0 aliphatic rings. The molecule has 2 aromatic rings. The van der Waals surface area contributed by atoms with Crippen LogP contribution in [0.3, 0.4) is 0 Å². The van der Waals surface area contributed by atoms with Gasteiger partial charge in [-0.15, -0.1) is 0 Å². The number of aliphatic hydroxyl groups is 2. The first-order valence-corrected chi connectivity index (χ1v) is 22.6. The van der Waals surface area contributed by atoms with Gasteiger partial charge < -0.3 is 90.3 Å². The van der Waals surface area contributed by atoms with E-state index in [1.165, 1.54) is 26.4 Å². The van der Waals surface area contributed by atoms with Crippen LogP contribution in [-0.4, -0.2) is 181 Å². The Bertz CT molecular complexity index is 2240. The number of carbonyl (C=O) groups is 11. The molecule has 0 saturated heterocycles. The Morgan fingerprint density at radius 2 is 1.21 bits per heavy atom. The van der Waals surface area contributed by atoms with Gasteiger partial charge in [-0.2, -0.15) is 0 Å². The van der Waals surface area contributed by atoms with Gasteiger partial charge in [0.2, 0.25) is 47.3 Å².